The van der Waals surface area contributed by atoms with Crippen LogP contribution in [-0.2, 0) is 21.7 Å². The van der Waals surface area contributed by atoms with Crippen molar-refractivity contribution in [2.45, 2.75) is 77.0 Å². The van der Waals surface area contributed by atoms with Gasteiger partial charge in [-0.15, -0.1) is 0 Å². The minimum atomic E-state index is -0.0615. The zero-order chi connectivity index (χ0) is 27.5. The lowest BCUT2D eigenvalue weighted by Crippen LogP contribution is -2.25. The maximum Gasteiger partial charge on any atom is 0.0159 e. The van der Waals surface area contributed by atoms with Crippen molar-refractivity contribution < 1.29 is 0 Å². The van der Waals surface area contributed by atoms with Crippen molar-refractivity contribution in [3.8, 4) is 22.3 Å². The molecule has 6 aromatic rings. The average molecular weight is 515 g/mol. The lowest BCUT2D eigenvalue weighted by atomic mass is 9.64. The molecule has 0 fully saturated rings. The topological polar surface area (TPSA) is 0 Å². The van der Waals surface area contributed by atoms with Gasteiger partial charge in [-0.05, 0) is 123 Å². The Labute approximate surface area is 236 Å². The van der Waals surface area contributed by atoms with Crippen molar-refractivity contribution in [2.24, 2.45) is 0 Å². The summed E-state index contributed by atoms with van der Waals surface area (Å²) in [5.74, 6) is 0. The summed E-state index contributed by atoms with van der Waals surface area (Å²) in [4.78, 5) is 0. The Morgan fingerprint density at radius 1 is 0.325 bits per heavy atom. The maximum absolute atomic E-state index is 2.60. The molecule has 0 atom stereocenters. The monoisotopic (exact) mass is 514 g/mol. The molecule has 0 N–H and O–H groups in total. The number of hydrogen-bond donors (Lipinski definition) is 0. The van der Waals surface area contributed by atoms with Gasteiger partial charge >= 0.3 is 0 Å². The number of benzene rings is 6. The Morgan fingerprint density at radius 2 is 0.625 bits per heavy atom. The second kappa shape index (κ2) is 5.87. The summed E-state index contributed by atoms with van der Waals surface area (Å²) in [5, 5.41) is 8.90. The Hall–Kier alpha value is -3.64. The highest BCUT2D eigenvalue weighted by molar-refractivity contribution is 6.32. The molecule has 6 aromatic carbocycles. The van der Waals surface area contributed by atoms with Gasteiger partial charge < -0.3 is 0 Å². The SMILES string of the molecule is CC1(C)c2cccc3c2-c2c1cc1cc4c5c6c(cc7cc(c2c1c75)C3(C)C)C(C)(C)c1cccc(c1-6)C4(C)C. The zero-order valence-corrected chi connectivity index (χ0v) is 24.8. The van der Waals surface area contributed by atoms with Crippen molar-refractivity contribution in [2.75, 3.05) is 0 Å². The molecule has 0 spiro atoms. The van der Waals surface area contributed by atoms with Crippen LogP contribution in [0.15, 0.2) is 60.7 Å². The van der Waals surface area contributed by atoms with Gasteiger partial charge in [0.15, 0.2) is 0 Å². The zero-order valence-electron chi connectivity index (χ0n) is 24.8. The van der Waals surface area contributed by atoms with Gasteiger partial charge in [-0.25, -0.2) is 0 Å². The molecule has 0 heterocycles. The van der Waals surface area contributed by atoms with Crippen molar-refractivity contribution >= 4 is 32.3 Å². The van der Waals surface area contributed by atoms with Crippen LogP contribution in [0.1, 0.15) is 99.9 Å². The molecule has 0 radical (unpaired) electrons. The van der Waals surface area contributed by atoms with Crippen molar-refractivity contribution in [3.63, 3.8) is 0 Å². The standard InChI is InChI=1S/C40H34/c1-37(2)21-11-9-13-23-31(21)35-27(39(23,5)6)18-20-16-26-34-30-19(15-25(37)33(35)29(20)30)17-28-36(34)32-22(38(26,3)4)12-10-14-24(32)40(28,7)8/h9-18H,1-8H3. The molecule has 0 amide bonds. The number of rotatable bonds is 0. The van der Waals surface area contributed by atoms with Crippen LogP contribution in [-0.4, -0.2) is 0 Å². The second-order valence-corrected chi connectivity index (χ2v) is 15.3. The van der Waals surface area contributed by atoms with E-state index in [1.165, 1.54) is 99.1 Å². The van der Waals surface area contributed by atoms with E-state index in [0.717, 1.165) is 0 Å². The van der Waals surface area contributed by atoms with Gasteiger partial charge in [0.25, 0.3) is 0 Å². The van der Waals surface area contributed by atoms with Gasteiger partial charge in [-0.2, -0.15) is 0 Å². The first kappa shape index (κ1) is 22.1. The fourth-order valence-corrected chi connectivity index (χ4v) is 9.97. The van der Waals surface area contributed by atoms with E-state index in [4.69, 9.17) is 0 Å². The van der Waals surface area contributed by atoms with Crippen LogP contribution in [0.2, 0.25) is 0 Å². The molecule has 4 aliphatic carbocycles. The minimum Gasteiger partial charge on any atom is -0.0616 e. The Kier molecular flexibility index (Phi) is 3.24. The normalized spacial score (nSPS) is 20.3. The molecule has 0 aliphatic heterocycles. The predicted octanol–water partition coefficient (Wildman–Crippen LogP) is 10.5. The van der Waals surface area contributed by atoms with Crippen LogP contribution in [0, 0.1) is 0 Å². The van der Waals surface area contributed by atoms with Gasteiger partial charge in [0, 0.05) is 21.7 Å². The predicted molar refractivity (Wildman–Crippen MR) is 170 cm³/mol. The van der Waals surface area contributed by atoms with E-state index in [1.807, 2.05) is 0 Å². The van der Waals surface area contributed by atoms with Gasteiger partial charge in [0.2, 0.25) is 0 Å². The maximum atomic E-state index is 2.60. The summed E-state index contributed by atoms with van der Waals surface area (Å²) in [6.07, 6.45) is 0. The van der Waals surface area contributed by atoms with Gasteiger partial charge in [0.1, 0.15) is 0 Å². The summed E-state index contributed by atoms with van der Waals surface area (Å²) in [6, 6.07) is 24.6. The smallest absolute Gasteiger partial charge is 0.0159 e. The fourth-order valence-electron chi connectivity index (χ4n) is 9.97. The summed E-state index contributed by atoms with van der Waals surface area (Å²) in [7, 11) is 0. The molecule has 0 saturated carbocycles. The molecule has 0 aromatic heterocycles. The summed E-state index contributed by atoms with van der Waals surface area (Å²) in [6.45, 7) is 19.6. The molecular formula is C40H34. The number of hydrogen-bond acceptors (Lipinski definition) is 0. The van der Waals surface area contributed by atoms with E-state index >= 15 is 0 Å². The highest BCUT2D eigenvalue weighted by atomic mass is 14.5. The molecule has 0 saturated heterocycles. The van der Waals surface area contributed by atoms with Crippen molar-refractivity contribution in [1.29, 1.82) is 0 Å². The molecule has 0 nitrogen and oxygen atoms in total. The quantitative estimate of drug-likeness (QED) is 0.177. The first-order valence-electron chi connectivity index (χ1n) is 15.0. The lowest BCUT2D eigenvalue weighted by Gasteiger charge is -2.38. The average Bonchev–Trinajstić information content (AvgIpc) is 3.28. The molecular weight excluding hydrogens is 480 g/mol. The summed E-state index contributed by atoms with van der Waals surface area (Å²) in [5.41, 5.74) is 17.9. The van der Waals surface area contributed by atoms with E-state index in [2.05, 4.69) is 116 Å². The Morgan fingerprint density at radius 3 is 0.975 bits per heavy atom. The third kappa shape index (κ3) is 1.94. The Bertz CT molecular complexity index is 2080. The van der Waals surface area contributed by atoms with Gasteiger partial charge in [-0.3, -0.25) is 0 Å². The largest absolute Gasteiger partial charge is 0.0616 e. The molecule has 0 bridgehead atoms. The van der Waals surface area contributed by atoms with Crippen molar-refractivity contribution in [1.82, 2.24) is 0 Å². The molecule has 0 heteroatoms. The third-order valence-corrected chi connectivity index (χ3v) is 12.1. The van der Waals surface area contributed by atoms with Crippen LogP contribution >= 0.6 is 0 Å². The van der Waals surface area contributed by atoms with Crippen LogP contribution in [0.5, 0.6) is 0 Å². The first-order chi connectivity index (χ1) is 18.9. The van der Waals surface area contributed by atoms with Crippen molar-refractivity contribution in [3.05, 3.63) is 105 Å². The van der Waals surface area contributed by atoms with Gasteiger partial charge in [0.05, 0.1) is 0 Å². The lowest BCUT2D eigenvalue weighted by molar-refractivity contribution is 0.639. The first-order valence-corrected chi connectivity index (χ1v) is 15.0. The van der Waals surface area contributed by atoms with Crippen LogP contribution in [0.3, 0.4) is 0 Å². The van der Waals surface area contributed by atoms with E-state index in [-0.39, 0.29) is 21.7 Å². The summed E-state index contributed by atoms with van der Waals surface area (Å²) < 4.78 is 0. The highest BCUT2D eigenvalue weighted by Gasteiger charge is 2.48. The molecule has 4 aliphatic rings. The van der Waals surface area contributed by atoms with E-state index < -0.39 is 0 Å². The van der Waals surface area contributed by atoms with Gasteiger partial charge in [-0.1, -0.05) is 91.8 Å². The minimum absolute atomic E-state index is 0.0116. The summed E-state index contributed by atoms with van der Waals surface area (Å²) >= 11 is 0. The Balaban J connectivity index is 1.54. The molecule has 194 valence electrons. The van der Waals surface area contributed by atoms with E-state index in [0.29, 0.717) is 0 Å². The molecule has 10 rings (SSSR count). The third-order valence-electron chi connectivity index (χ3n) is 12.1. The van der Waals surface area contributed by atoms with Crippen LogP contribution in [0.25, 0.3) is 54.6 Å². The fraction of sp³-hybridized carbons (Fsp3) is 0.300. The second-order valence-electron chi connectivity index (χ2n) is 15.3. The van der Waals surface area contributed by atoms with Crippen LogP contribution in [0.4, 0.5) is 0 Å². The molecule has 40 heavy (non-hydrogen) atoms. The van der Waals surface area contributed by atoms with E-state index in [9.17, 15) is 0 Å². The highest BCUT2D eigenvalue weighted by Crippen LogP contribution is 2.65. The van der Waals surface area contributed by atoms with E-state index in [1.54, 1.807) is 0 Å². The molecule has 0 unspecified atom stereocenters. The van der Waals surface area contributed by atoms with Crippen LogP contribution < -0.4 is 0 Å².